The normalized spacial score (nSPS) is 11.7. The minimum Gasteiger partial charge on any atom is -0.450 e. The van der Waals surface area contributed by atoms with Gasteiger partial charge < -0.3 is 14.8 Å². The molecule has 1 amide bonds. The van der Waals surface area contributed by atoms with Crippen LogP contribution < -0.4 is 10.6 Å². The lowest BCUT2D eigenvalue weighted by atomic mass is 10.2. The first kappa shape index (κ1) is 15.3. The summed E-state index contributed by atoms with van der Waals surface area (Å²) in [6, 6.07) is 7.50. The van der Waals surface area contributed by atoms with Gasteiger partial charge in [-0.2, -0.15) is 0 Å². The van der Waals surface area contributed by atoms with Crippen LogP contribution in [0.15, 0.2) is 24.3 Å². The van der Waals surface area contributed by atoms with Crippen molar-refractivity contribution in [2.45, 2.75) is 13.8 Å². The van der Waals surface area contributed by atoms with E-state index in [0.717, 1.165) is 18.8 Å². The van der Waals surface area contributed by atoms with Gasteiger partial charge in [0.1, 0.15) is 0 Å². The molecule has 0 aromatic heterocycles. The summed E-state index contributed by atoms with van der Waals surface area (Å²) in [6.45, 7) is 5.83. The zero-order chi connectivity index (χ0) is 14.1. The topological polar surface area (TPSA) is 59.6 Å². The largest absolute Gasteiger partial charge is 0.450 e. The van der Waals surface area contributed by atoms with Crippen LogP contribution in [0.4, 0.5) is 16.2 Å². The fourth-order valence-electron chi connectivity index (χ4n) is 1.59. The van der Waals surface area contributed by atoms with E-state index < -0.39 is 6.09 Å². The van der Waals surface area contributed by atoms with E-state index in [1.165, 1.54) is 0 Å². The summed E-state index contributed by atoms with van der Waals surface area (Å²) >= 11 is 0. The van der Waals surface area contributed by atoms with E-state index in [1.54, 1.807) is 14.0 Å². The highest BCUT2D eigenvalue weighted by molar-refractivity contribution is 5.84. The quantitative estimate of drug-likeness (QED) is 0.796. The highest BCUT2D eigenvalue weighted by atomic mass is 16.5. The molecule has 106 valence electrons. The van der Waals surface area contributed by atoms with Crippen LogP contribution in [0.25, 0.3) is 0 Å². The SMILES string of the molecule is CCOC(=O)Nc1ccc(NCC(C)COC)cc1. The van der Waals surface area contributed by atoms with Crippen molar-refractivity contribution in [3.63, 3.8) is 0 Å². The Morgan fingerprint density at radius 3 is 2.47 bits per heavy atom. The summed E-state index contributed by atoms with van der Waals surface area (Å²) < 4.78 is 9.88. The average molecular weight is 266 g/mol. The van der Waals surface area contributed by atoms with Crippen LogP contribution in [0.5, 0.6) is 0 Å². The summed E-state index contributed by atoms with van der Waals surface area (Å²) in [5.41, 5.74) is 1.73. The molecule has 1 rings (SSSR count). The predicted octanol–water partition coefficient (Wildman–Crippen LogP) is 2.95. The standard InChI is InChI=1S/C14H22N2O3/c1-4-19-14(17)16-13-7-5-12(6-8-13)15-9-11(2)10-18-3/h5-8,11,15H,4,9-10H2,1-3H3,(H,16,17). The molecule has 5 nitrogen and oxygen atoms in total. The van der Waals surface area contributed by atoms with Crippen LogP contribution in [-0.2, 0) is 9.47 Å². The number of methoxy groups -OCH3 is 1. The van der Waals surface area contributed by atoms with Gasteiger partial charge >= 0.3 is 6.09 Å². The second-order valence-electron chi connectivity index (χ2n) is 4.36. The van der Waals surface area contributed by atoms with Crippen LogP contribution >= 0.6 is 0 Å². The number of hydrogen-bond donors (Lipinski definition) is 2. The van der Waals surface area contributed by atoms with Gasteiger partial charge in [-0.15, -0.1) is 0 Å². The van der Waals surface area contributed by atoms with Crippen molar-refractivity contribution in [3.8, 4) is 0 Å². The molecule has 0 saturated carbocycles. The summed E-state index contributed by atoms with van der Waals surface area (Å²) in [5.74, 6) is 0.447. The maximum atomic E-state index is 11.2. The average Bonchev–Trinajstić information content (AvgIpc) is 2.38. The number of rotatable bonds is 7. The number of nitrogens with one attached hydrogen (secondary N) is 2. The van der Waals surface area contributed by atoms with Crippen molar-refractivity contribution < 1.29 is 14.3 Å². The van der Waals surface area contributed by atoms with Gasteiger partial charge in [0, 0.05) is 25.0 Å². The van der Waals surface area contributed by atoms with Gasteiger partial charge in [-0.05, 0) is 37.1 Å². The third-order valence-corrected chi connectivity index (χ3v) is 2.51. The highest BCUT2D eigenvalue weighted by Gasteiger charge is 2.03. The van der Waals surface area contributed by atoms with Gasteiger partial charge in [0.05, 0.1) is 13.2 Å². The van der Waals surface area contributed by atoms with Crippen molar-refractivity contribution in [1.82, 2.24) is 0 Å². The van der Waals surface area contributed by atoms with Crippen molar-refractivity contribution in [2.75, 3.05) is 37.5 Å². The summed E-state index contributed by atoms with van der Waals surface area (Å²) in [7, 11) is 1.70. The molecule has 0 aliphatic carbocycles. The third kappa shape index (κ3) is 6.10. The van der Waals surface area contributed by atoms with E-state index in [0.29, 0.717) is 18.2 Å². The van der Waals surface area contributed by atoms with Crippen LogP contribution in [0.3, 0.4) is 0 Å². The molecular formula is C14H22N2O3. The van der Waals surface area contributed by atoms with Crippen LogP contribution in [0.2, 0.25) is 0 Å². The zero-order valence-electron chi connectivity index (χ0n) is 11.7. The van der Waals surface area contributed by atoms with Gasteiger partial charge in [0.2, 0.25) is 0 Å². The molecule has 0 aliphatic rings. The second-order valence-corrected chi connectivity index (χ2v) is 4.36. The molecule has 5 heteroatoms. The van der Waals surface area contributed by atoms with Crippen molar-refractivity contribution in [2.24, 2.45) is 5.92 Å². The zero-order valence-corrected chi connectivity index (χ0v) is 11.7. The maximum absolute atomic E-state index is 11.2. The molecule has 0 radical (unpaired) electrons. The highest BCUT2D eigenvalue weighted by Crippen LogP contribution is 2.14. The Bertz CT molecular complexity index is 379. The maximum Gasteiger partial charge on any atom is 0.411 e. The Hall–Kier alpha value is -1.75. The summed E-state index contributed by atoms with van der Waals surface area (Å²) in [4.78, 5) is 11.2. The predicted molar refractivity (Wildman–Crippen MR) is 76.6 cm³/mol. The van der Waals surface area contributed by atoms with E-state index in [2.05, 4.69) is 17.6 Å². The molecule has 0 heterocycles. The van der Waals surface area contributed by atoms with E-state index in [1.807, 2.05) is 24.3 Å². The third-order valence-electron chi connectivity index (χ3n) is 2.51. The molecule has 0 bridgehead atoms. The van der Waals surface area contributed by atoms with Crippen molar-refractivity contribution >= 4 is 17.5 Å². The first-order chi connectivity index (χ1) is 9.15. The Labute approximate surface area is 114 Å². The number of benzene rings is 1. The molecule has 19 heavy (non-hydrogen) atoms. The van der Waals surface area contributed by atoms with E-state index in [-0.39, 0.29) is 0 Å². The number of carbonyl (C=O) groups is 1. The number of ether oxygens (including phenoxy) is 2. The Morgan fingerprint density at radius 1 is 1.26 bits per heavy atom. The first-order valence-electron chi connectivity index (χ1n) is 6.42. The molecular weight excluding hydrogens is 244 g/mol. The molecule has 1 aromatic rings. The van der Waals surface area contributed by atoms with Gasteiger partial charge in [-0.3, -0.25) is 5.32 Å². The molecule has 0 fully saturated rings. The summed E-state index contributed by atoms with van der Waals surface area (Å²) in [6.07, 6.45) is -0.433. The molecule has 1 unspecified atom stereocenters. The smallest absolute Gasteiger partial charge is 0.411 e. The fraction of sp³-hybridized carbons (Fsp3) is 0.500. The molecule has 0 aliphatic heterocycles. The number of hydrogen-bond acceptors (Lipinski definition) is 4. The number of carbonyl (C=O) groups excluding carboxylic acids is 1. The van der Waals surface area contributed by atoms with Crippen molar-refractivity contribution in [3.05, 3.63) is 24.3 Å². The van der Waals surface area contributed by atoms with Gasteiger partial charge in [0.15, 0.2) is 0 Å². The lowest BCUT2D eigenvalue weighted by molar-refractivity contribution is 0.164. The minimum absolute atomic E-state index is 0.364. The van der Waals surface area contributed by atoms with E-state index in [4.69, 9.17) is 9.47 Å². The Balaban J connectivity index is 2.41. The van der Waals surface area contributed by atoms with Gasteiger partial charge in [-0.25, -0.2) is 4.79 Å². The number of amides is 1. The monoisotopic (exact) mass is 266 g/mol. The number of anilines is 2. The molecule has 2 N–H and O–H groups in total. The van der Waals surface area contributed by atoms with Gasteiger partial charge in [-0.1, -0.05) is 6.92 Å². The summed E-state index contributed by atoms with van der Waals surface area (Å²) in [5, 5.41) is 5.96. The molecule has 1 aromatic carbocycles. The first-order valence-corrected chi connectivity index (χ1v) is 6.42. The lowest BCUT2D eigenvalue weighted by Gasteiger charge is -2.13. The van der Waals surface area contributed by atoms with Crippen LogP contribution in [-0.4, -0.2) is 33.0 Å². The Morgan fingerprint density at radius 2 is 1.89 bits per heavy atom. The second kappa shape index (κ2) is 8.37. The van der Waals surface area contributed by atoms with E-state index >= 15 is 0 Å². The van der Waals surface area contributed by atoms with Crippen LogP contribution in [0.1, 0.15) is 13.8 Å². The Kier molecular flexibility index (Phi) is 6.74. The van der Waals surface area contributed by atoms with Gasteiger partial charge in [0.25, 0.3) is 0 Å². The lowest BCUT2D eigenvalue weighted by Crippen LogP contribution is -2.16. The van der Waals surface area contributed by atoms with E-state index in [9.17, 15) is 4.79 Å². The molecule has 1 atom stereocenters. The molecule has 0 saturated heterocycles. The van der Waals surface area contributed by atoms with Crippen molar-refractivity contribution in [1.29, 1.82) is 0 Å². The fourth-order valence-corrected chi connectivity index (χ4v) is 1.59. The molecule has 0 spiro atoms. The minimum atomic E-state index is -0.433. The van der Waals surface area contributed by atoms with Crippen LogP contribution in [0, 0.1) is 5.92 Å².